The molecule has 1 aromatic heterocycles. The van der Waals surface area contributed by atoms with Gasteiger partial charge in [-0.1, -0.05) is 6.58 Å². The second kappa shape index (κ2) is 7.37. The van der Waals surface area contributed by atoms with Crippen LogP contribution in [-0.2, 0) is 14.2 Å². The highest BCUT2D eigenvalue weighted by Gasteiger charge is 2.32. The van der Waals surface area contributed by atoms with E-state index >= 15 is 0 Å². The average molecular weight is 270 g/mol. The molecule has 0 radical (unpaired) electrons. The van der Waals surface area contributed by atoms with E-state index in [2.05, 4.69) is 16.8 Å². The molecule has 0 aliphatic rings. The molecular weight excluding hydrogens is 246 g/mol. The minimum atomic E-state index is -0.302. The molecule has 3 atom stereocenters. The number of nitrogens with one attached hydrogen (secondary N) is 1. The number of rotatable bonds is 8. The zero-order valence-electron chi connectivity index (χ0n) is 12.3. The number of aromatic nitrogens is 3. The van der Waals surface area contributed by atoms with Crippen molar-refractivity contribution in [2.75, 3.05) is 20.8 Å². The van der Waals surface area contributed by atoms with Crippen molar-refractivity contribution < 1.29 is 18.8 Å². The first kappa shape index (κ1) is 15.8. The van der Waals surface area contributed by atoms with Crippen LogP contribution in [0.4, 0.5) is 0 Å². The highest BCUT2D eigenvalue weighted by Crippen LogP contribution is 2.17. The molecule has 0 amide bonds. The standard InChI is InChI=1S/C13H23N3O3/c1-7-11(19-8-2)16-12(9(3)17-5)14-15-13(16)10(4)18-6/h7,9-11H,1,8H2,2-6H3/p+1. The minimum absolute atomic E-state index is 0.131. The van der Waals surface area contributed by atoms with Crippen molar-refractivity contribution in [2.45, 2.75) is 39.2 Å². The summed E-state index contributed by atoms with van der Waals surface area (Å²) in [6.45, 7) is 10.2. The van der Waals surface area contributed by atoms with Gasteiger partial charge in [0.1, 0.15) is 12.2 Å². The molecule has 6 heteroatoms. The third-order valence-electron chi connectivity index (χ3n) is 3.04. The molecule has 3 unspecified atom stereocenters. The van der Waals surface area contributed by atoms with E-state index in [0.717, 1.165) is 11.6 Å². The third-order valence-corrected chi connectivity index (χ3v) is 3.04. The van der Waals surface area contributed by atoms with Crippen LogP contribution in [0.25, 0.3) is 0 Å². The van der Waals surface area contributed by atoms with Crippen molar-refractivity contribution in [3.05, 3.63) is 24.3 Å². The molecule has 0 aliphatic carbocycles. The first-order valence-electron chi connectivity index (χ1n) is 6.40. The topological polar surface area (TPSA) is 60.2 Å². The lowest BCUT2D eigenvalue weighted by Crippen LogP contribution is -2.47. The van der Waals surface area contributed by atoms with Crippen LogP contribution in [0, 0.1) is 0 Å². The summed E-state index contributed by atoms with van der Waals surface area (Å²) >= 11 is 0. The van der Waals surface area contributed by atoms with Crippen LogP contribution in [0.15, 0.2) is 12.7 Å². The molecule has 1 aromatic rings. The van der Waals surface area contributed by atoms with Gasteiger partial charge in [0, 0.05) is 25.9 Å². The third kappa shape index (κ3) is 3.40. The zero-order valence-corrected chi connectivity index (χ0v) is 12.3. The molecule has 108 valence electrons. The van der Waals surface area contributed by atoms with Gasteiger partial charge in [0.2, 0.25) is 6.23 Å². The van der Waals surface area contributed by atoms with Gasteiger partial charge in [-0.3, -0.25) is 0 Å². The summed E-state index contributed by atoms with van der Waals surface area (Å²) in [4.78, 5) is 0. The molecule has 0 bridgehead atoms. The summed E-state index contributed by atoms with van der Waals surface area (Å²) in [5, 5.41) is 7.31. The summed E-state index contributed by atoms with van der Waals surface area (Å²) < 4.78 is 18.3. The molecule has 1 heterocycles. The quantitative estimate of drug-likeness (QED) is 0.578. The van der Waals surface area contributed by atoms with Crippen molar-refractivity contribution in [3.63, 3.8) is 0 Å². The van der Waals surface area contributed by atoms with Gasteiger partial charge in [-0.2, -0.15) is 4.57 Å². The Labute approximate surface area is 114 Å². The van der Waals surface area contributed by atoms with Gasteiger partial charge >= 0.3 is 5.82 Å². The van der Waals surface area contributed by atoms with Crippen molar-refractivity contribution in [1.29, 1.82) is 0 Å². The fourth-order valence-electron chi connectivity index (χ4n) is 1.82. The van der Waals surface area contributed by atoms with E-state index in [4.69, 9.17) is 14.2 Å². The van der Waals surface area contributed by atoms with Gasteiger partial charge in [-0.05, 0) is 26.8 Å². The largest absolute Gasteiger partial charge is 0.371 e. The maximum absolute atomic E-state index is 5.68. The summed E-state index contributed by atoms with van der Waals surface area (Å²) in [5.41, 5.74) is 0. The fourth-order valence-corrected chi connectivity index (χ4v) is 1.82. The van der Waals surface area contributed by atoms with E-state index in [1.54, 1.807) is 20.3 Å². The fraction of sp³-hybridized carbons (Fsp3) is 0.692. The van der Waals surface area contributed by atoms with Gasteiger partial charge in [0.25, 0.3) is 5.82 Å². The van der Waals surface area contributed by atoms with Crippen molar-refractivity contribution in [3.8, 4) is 0 Å². The Morgan fingerprint density at radius 1 is 1.32 bits per heavy atom. The van der Waals surface area contributed by atoms with Crippen molar-refractivity contribution in [2.24, 2.45) is 0 Å². The predicted molar refractivity (Wildman–Crippen MR) is 70.5 cm³/mol. The Hall–Kier alpha value is -1.24. The maximum Gasteiger partial charge on any atom is 0.308 e. The summed E-state index contributed by atoms with van der Waals surface area (Å²) in [5.74, 6) is 1.57. The lowest BCUT2D eigenvalue weighted by Gasteiger charge is -2.17. The van der Waals surface area contributed by atoms with E-state index in [-0.39, 0.29) is 18.4 Å². The van der Waals surface area contributed by atoms with Crippen LogP contribution in [0.5, 0.6) is 0 Å². The highest BCUT2D eigenvalue weighted by molar-refractivity contribution is 4.87. The maximum atomic E-state index is 5.68. The number of methoxy groups -OCH3 is 2. The lowest BCUT2D eigenvalue weighted by atomic mass is 10.3. The van der Waals surface area contributed by atoms with Crippen LogP contribution in [0.1, 0.15) is 50.9 Å². The molecule has 1 N–H and O–H groups in total. The van der Waals surface area contributed by atoms with Crippen LogP contribution >= 0.6 is 0 Å². The van der Waals surface area contributed by atoms with Gasteiger partial charge < -0.3 is 14.2 Å². The van der Waals surface area contributed by atoms with Crippen LogP contribution in [-0.4, -0.2) is 31.0 Å². The van der Waals surface area contributed by atoms with E-state index in [9.17, 15) is 0 Å². The van der Waals surface area contributed by atoms with E-state index in [0.29, 0.717) is 6.61 Å². The first-order chi connectivity index (χ1) is 9.10. The normalized spacial score (nSPS) is 16.1. The van der Waals surface area contributed by atoms with Crippen molar-refractivity contribution in [1.82, 2.24) is 10.2 Å². The van der Waals surface area contributed by atoms with Gasteiger partial charge in [0.05, 0.1) is 0 Å². The smallest absolute Gasteiger partial charge is 0.308 e. The number of ether oxygens (including phenoxy) is 3. The molecule has 0 aromatic carbocycles. The highest BCUT2D eigenvalue weighted by atomic mass is 16.5. The molecule has 0 spiro atoms. The molecule has 19 heavy (non-hydrogen) atoms. The second-order valence-corrected chi connectivity index (χ2v) is 4.17. The molecule has 1 rings (SSSR count). The number of H-pyrrole nitrogens is 1. The number of aromatic amines is 1. The van der Waals surface area contributed by atoms with Crippen LogP contribution < -0.4 is 4.57 Å². The summed E-state index contributed by atoms with van der Waals surface area (Å²) in [7, 11) is 3.30. The van der Waals surface area contributed by atoms with Crippen LogP contribution in [0.3, 0.4) is 0 Å². The second-order valence-electron chi connectivity index (χ2n) is 4.17. The van der Waals surface area contributed by atoms with Gasteiger partial charge in [-0.25, -0.2) is 0 Å². The first-order valence-corrected chi connectivity index (χ1v) is 6.40. The Bertz CT molecular complexity index is 378. The Morgan fingerprint density at radius 3 is 2.42 bits per heavy atom. The van der Waals surface area contributed by atoms with E-state index < -0.39 is 0 Å². The minimum Gasteiger partial charge on any atom is -0.371 e. The number of hydrogen-bond donors (Lipinski definition) is 1. The van der Waals surface area contributed by atoms with E-state index in [1.807, 2.05) is 25.3 Å². The van der Waals surface area contributed by atoms with Gasteiger partial charge in [0.15, 0.2) is 0 Å². The number of nitrogens with zero attached hydrogens (tertiary/aromatic N) is 2. The summed E-state index contributed by atoms with van der Waals surface area (Å²) in [6.07, 6.45) is 1.14. The molecular formula is C13H24N3O3+. The molecule has 6 nitrogen and oxygen atoms in total. The van der Waals surface area contributed by atoms with Crippen LogP contribution in [0.2, 0.25) is 0 Å². The Balaban J connectivity index is 3.26. The van der Waals surface area contributed by atoms with Gasteiger partial charge in [-0.15, -0.1) is 5.10 Å². The monoisotopic (exact) mass is 270 g/mol. The predicted octanol–water partition coefficient (Wildman–Crippen LogP) is 1.83. The number of hydrogen-bond acceptors (Lipinski definition) is 4. The zero-order chi connectivity index (χ0) is 14.4. The lowest BCUT2D eigenvalue weighted by molar-refractivity contribution is -0.767. The van der Waals surface area contributed by atoms with Crippen molar-refractivity contribution >= 4 is 0 Å². The average Bonchev–Trinajstić information content (AvgIpc) is 2.87. The molecule has 0 aliphatic heterocycles. The SMILES string of the molecule is C=CC(OCC)[n+]1c(C(C)OC)n[nH]c1C(C)OC. The molecule has 0 fully saturated rings. The Morgan fingerprint density at radius 2 is 1.95 bits per heavy atom. The Kier molecular flexibility index (Phi) is 6.14. The molecule has 0 saturated heterocycles. The van der Waals surface area contributed by atoms with E-state index in [1.165, 1.54) is 0 Å². The summed E-state index contributed by atoms with van der Waals surface area (Å²) in [6, 6.07) is 0. The molecule has 0 saturated carbocycles.